The second-order valence-electron chi connectivity index (χ2n) is 6.36. The molecule has 0 spiro atoms. The molecule has 0 unspecified atom stereocenters. The first kappa shape index (κ1) is 21.9. The lowest BCUT2D eigenvalue weighted by Gasteiger charge is -2.21. The molecule has 1 aromatic carbocycles. The van der Waals surface area contributed by atoms with Crippen LogP contribution in [0, 0.1) is 5.92 Å². The van der Waals surface area contributed by atoms with Gasteiger partial charge in [0.1, 0.15) is 0 Å². The molecule has 148 valence electrons. The van der Waals surface area contributed by atoms with Crippen LogP contribution in [-0.2, 0) is 11.3 Å². The van der Waals surface area contributed by atoms with E-state index in [1.807, 2.05) is 24.1 Å². The van der Waals surface area contributed by atoms with Gasteiger partial charge in [0.05, 0.1) is 13.2 Å². The van der Waals surface area contributed by atoms with Crippen LogP contribution in [0.3, 0.4) is 0 Å². The van der Waals surface area contributed by atoms with Crippen molar-refractivity contribution in [2.45, 2.75) is 19.4 Å². The van der Waals surface area contributed by atoms with Crippen molar-refractivity contribution in [1.29, 1.82) is 0 Å². The fourth-order valence-corrected chi connectivity index (χ4v) is 2.55. The number of nitrogens with one attached hydrogen (secondary N) is 1. The summed E-state index contributed by atoms with van der Waals surface area (Å²) in [5.74, 6) is 2.57. The van der Waals surface area contributed by atoms with Gasteiger partial charge < -0.3 is 19.5 Å². The van der Waals surface area contributed by atoms with E-state index in [-0.39, 0.29) is 24.0 Å². The summed E-state index contributed by atoms with van der Waals surface area (Å²) in [4.78, 5) is 10.7. The summed E-state index contributed by atoms with van der Waals surface area (Å²) in [6.07, 6.45) is 2.61. The average molecular weight is 506 g/mol. The van der Waals surface area contributed by atoms with Gasteiger partial charge in [0.15, 0.2) is 5.96 Å². The average Bonchev–Trinajstić information content (AvgIpc) is 3.36. The first-order valence-electron chi connectivity index (χ1n) is 8.73. The van der Waals surface area contributed by atoms with Gasteiger partial charge >= 0.3 is 0 Å². The van der Waals surface area contributed by atoms with Crippen molar-refractivity contribution in [2.75, 3.05) is 33.9 Å². The Bertz CT molecular complexity index is 734. The van der Waals surface area contributed by atoms with Gasteiger partial charge in [0, 0.05) is 37.8 Å². The smallest absolute Gasteiger partial charge is 0.246 e. The summed E-state index contributed by atoms with van der Waals surface area (Å²) in [5, 5.41) is 7.90. The molecule has 1 aliphatic rings. The molecule has 1 aromatic heterocycles. The largest absolute Gasteiger partial charge is 0.379 e. The molecule has 1 saturated carbocycles. The summed E-state index contributed by atoms with van der Waals surface area (Å²) >= 11 is 5.90. The Morgan fingerprint density at radius 3 is 2.78 bits per heavy atom. The van der Waals surface area contributed by atoms with Gasteiger partial charge in [-0.3, -0.25) is 4.99 Å². The third-order valence-corrected chi connectivity index (χ3v) is 4.42. The van der Waals surface area contributed by atoms with E-state index < -0.39 is 0 Å². The lowest BCUT2D eigenvalue weighted by atomic mass is 10.2. The predicted octanol–water partition coefficient (Wildman–Crippen LogP) is 3.44. The molecule has 3 rings (SSSR count). The standard InChI is InChI=1S/C18H24ClN5O2.HI/c1-20-18(24(2)9-10-25-12-13-3-4-13)21-11-16-22-17(23-26-16)14-5-7-15(19)8-6-14;/h5-8,13H,3-4,9-12H2,1-2H3,(H,20,21);1H. The molecule has 0 saturated heterocycles. The second kappa shape index (κ2) is 10.8. The van der Waals surface area contributed by atoms with E-state index in [4.69, 9.17) is 20.9 Å². The van der Waals surface area contributed by atoms with Crippen molar-refractivity contribution >= 4 is 41.5 Å². The highest BCUT2D eigenvalue weighted by atomic mass is 127. The minimum Gasteiger partial charge on any atom is -0.379 e. The van der Waals surface area contributed by atoms with E-state index in [2.05, 4.69) is 20.4 Å². The number of ether oxygens (including phenoxy) is 1. The summed E-state index contributed by atoms with van der Waals surface area (Å²) < 4.78 is 11.0. The quantitative estimate of drug-likeness (QED) is 0.256. The maximum Gasteiger partial charge on any atom is 0.246 e. The molecule has 1 N–H and O–H groups in total. The first-order valence-corrected chi connectivity index (χ1v) is 9.11. The number of nitrogens with zero attached hydrogens (tertiary/aromatic N) is 4. The number of likely N-dealkylation sites (N-methyl/N-ethyl adjacent to an activating group) is 1. The molecule has 7 nitrogen and oxygen atoms in total. The van der Waals surface area contributed by atoms with Crippen molar-refractivity contribution in [3.63, 3.8) is 0 Å². The minimum atomic E-state index is 0. The Hall–Kier alpha value is -1.39. The maximum absolute atomic E-state index is 5.90. The summed E-state index contributed by atoms with van der Waals surface area (Å²) in [6.45, 7) is 2.73. The highest BCUT2D eigenvalue weighted by molar-refractivity contribution is 14.0. The van der Waals surface area contributed by atoms with Crippen molar-refractivity contribution in [1.82, 2.24) is 20.4 Å². The zero-order valence-corrected chi connectivity index (χ0v) is 18.6. The van der Waals surface area contributed by atoms with E-state index in [1.54, 1.807) is 19.2 Å². The number of benzene rings is 1. The van der Waals surface area contributed by atoms with Gasteiger partial charge in [-0.2, -0.15) is 4.98 Å². The van der Waals surface area contributed by atoms with Crippen LogP contribution in [0.2, 0.25) is 5.02 Å². The number of hydrogen-bond donors (Lipinski definition) is 1. The first-order chi connectivity index (χ1) is 12.7. The fraction of sp³-hybridized carbons (Fsp3) is 0.500. The lowest BCUT2D eigenvalue weighted by molar-refractivity contribution is 0.115. The summed E-state index contributed by atoms with van der Waals surface area (Å²) in [6, 6.07) is 7.32. The SMILES string of the molecule is CN=C(NCc1nc(-c2ccc(Cl)cc2)no1)N(C)CCOCC1CC1.I. The third kappa shape index (κ3) is 6.93. The Balaban J connectivity index is 0.00000261. The predicted molar refractivity (Wildman–Crippen MR) is 117 cm³/mol. The monoisotopic (exact) mass is 505 g/mol. The molecule has 1 aliphatic carbocycles. The van der Waals surface area contributed by atoms with E-state index >= 15 is 0 Å². The van der Waals surface area contributed by atoms with Crippen LogP contribution in [0.25, 0.3) is 11.4 Å². The molecule has 0 atom stereocenters. The van der Waals surface area contributed by atoms with E-state index in [9.17, 15) is 0 Å². The zero-order chi connectivity index (χ0) is 18.4. The normalized spacial score (nSPS) is 14.0. The van der Waals surface area contributed by atoms with Crippen molar-refractivity contribution in [3.05, 3.63) is 35.2 Å². The van der Waals surface area contributed by atoms with Gasteiger partial charge in [-0.25, -0.2) is 0 Å². The molecule has 0 bridgehead atoms. The van der Waals surface area contributed by atoms with Gasteiger partial charge in [0.25, 0.3) is 0 Å². The molecule has 0 amide bonds. The molecule has 0 radical (unpaired) electrons. The molecular formula is C18H25ClIN5O2. The number of rotatable bonds is 8. The molecule has 0 aliphatic heterocycles. The lowest BCUT2D eigenvalue weighted by Crippen LogP contribution is -2.40. The molecule has 27 heavy (non-hydrogen) atoms. The van der Waals surface area contributed by atoms with Crippen LogP contribution < -0.4 is 5.32 Å². The highest BCUT2D eigenvalue weighted by Gasteiger charge is 2.21. The summed E-state index contributed by atoms with van der Waals surface area (Å²) in [7, 11) is 3.72. The number of aliphatic imine (C=N–C) groups is 1. The van der Waals surface area contributed by atoms with Crippen LogP contribution in [0.1, 0.15) is 18.7 Å². The molecule has 1 heterocycles. The molecule has 2 aromatic rings. The number of halogens is 2. The Morgan fingerprint density at radius 2 is 2.11 bits per heavy atom. The third-order valence-electron chi connectivity index (χ3n) is 4.16. The Morgan fingerprint density at radius 1 is 1.37 bits per heavy atom. The van der Waals surface area contributed by atoms with Crippen LogP contribution in [0.4, 0.5) is 0 Å². The number of hydrogen-bond acceptors (Lipinski definition) is 5. The summed E-state index contributed by atoms with van der Waals surface area (Å²) in [5.41, 5.74) is 0.860. The topological polar surface area (TPSA) is 75.8 Å². The highest BCUT2D eigenvalue weighted by Crippen LogP contribution is 2.28. The fourth-order valence-electron chi connectivity index (χ4n) is 2.42. The Labute approximate surface area is 181 Å². The van der Waals surface area contributed by atoms with Gasteiger partial charge in [0.2, 0.25) is 11.7 Å². The van der Waals surface area contributed by atoms with E-state index in [0.29, 0.717) is 29.9 Å². The maximum atomic E-state index is 5.90. The van der Waals surface area contributed by atoms with Crippen molar-refractivity contribution in [3.8, 4) is 11.4 Å². The van der Waals surface area contributed by atoms with E-state index in [1.165, 1.54) is 12.8 Å². The van der Waals surface area contributed by atoms with Gasteiger partial charge in [-0.1, -0.05) is 16.8 Å². The number of guanidine groups is 1. The molecular weight excluding hydrogens is 481 g/mol. The number of aromatic nitrogens is 2. The van der Waals surface area contributed by atoms with Gasteiger partial charge in [-0.05, 0) is 43.0 Å². The van der Waals surface area contributed by atoms with Crippen molar-refractivity contribution in [2.24, 2.45) is 10.9 Å². The van der Waals surface area contributed by atoms with Crippen LogP contribution in [0.15, 0.2) is 33.8 Å². The zero-order valence-electron chi connectivity index (χ0n) is 15.5. The molecule has 1 fully saturated rings. The van der Waals surface area contributed by atoms with Crippen molar-refractivity contribution < 1.29 is 9.26 Å². The second-order valence-corrected chi connectivity index (χ2v) is 6.80. The van der Waals surface area contributed by atoms with Crippen LogP contribution in [0.5, 0.6) is 0 Å². The van der Waals surface area contributed by atoms with E-state index in [0.717, 1.165) is 30.6 Å². The Kier molecular flexibility index (Phi) is 8.78. The minimum absolute atomic E-state index is 0. The van der Waals surface area contributed by atoms with Crippen LogP contribution in [-0.4, -0.2) is 54.9 Å². The van der Waals surface area contributed by atoms with Crippen LogP contribution >= 0.6 is 35.6 Å². The van der Waals surface area contributed by atoms with Gasteiger partial charge in [-0.15, -0.1) is 24.0 Å². The molecule has 9 heteroatoms.